The fraction of sp³-hybridized carbons (Fsp3) is 0.909. The molecule has 0 heterocycles. The molecule has 1 atom stereocenters. The van der Waals surface area contributed by atoms with E-state index in [0.717, 1.165) is 6.42 Å². The highest BCUT2D eigenvalue weighted by Gasteiger charge is 2.15. The molecule has 0 spiro atoms. The zero-order valence-electron chi connectivity index (χ0n) is 10.3. The standard InChI is InChI=1S/C11H24N2O2/c1-5-11(4,12)8-15-7-6-10(14)13-9(2)3/h9H,5-8,12H2,1-4H3,(H,13,14). The molecule has 1 unspecified atom stereocenters. The predicted molar refractivity (Wildman–Crippen MR) is 61.6 cm³/mol. The average Bonchev–Trinajstić information content (AvgIpc) is 2.11. The molecule has 90 valence electrons. The van der Waals surface area contributed by atoms with Crippen molar-refractivity contribution in [1.82, 2.24) is 5.32 Å². The number of nitrogens with one attached hydrogen (secondary N) is 1. The summed E-state index contributed by atoms with van der Waals surface area (Å²) in [6.45, 7) is 8.78. The number of nitrogens with two attached hydrogens (primary N) is 1. The maximum Gasteiger partial charge on any atom is 0.222 e. The van der Waals surface area contributed by atoms with Gasteiger partial charge in [0.15, 0.2) is 0 Å². The lowest BCUT2D eigenvalue weighted by Gasteiger charge is -2.22. The van der Waals surface area contributed by atoms with Crippen LogP contribution in [0.2, 0.25) is 0 Å². The van der Waals surface area contributed by atoms with Gasteiger partial charge in [0.25, 0.3) is 0 Å². The summed E-state index contributed by atoms with van der Waals surface area (Å²) < 4.78 is 5.36. The summed E-state index contributed by atoms with van der Waals surface area (Å²) in [6, 6.07) is 0.188. The van der Waals surface area contributed by atoms with Crippen molar-refractivity contribution >= 4 is 5.91 Å². The van der Waals surface area contributed by atoms with E-state index < -0.39 is 0 Å². The van der Waals surface area contributed by atoms with Crippen LogP contribution in [-0.4, -0.2) is 30.7 Å². The fourth-order valence-electron chi connectivity index (χ4n) is 0.966. The van der Waals surface area contributed by atoms with E-state index >= 15 is 0 Å². The van der Waals surface area contributed by atoms with Gasteiger partial charge in [0, 0.05) is 18.0 Å². The highest BCUT2D eigenvalue weighted by atomic mass is 16.5. The van der Waals surface area contributed by atoms with E-state index in [9.17, 15) is 4.79 Å². The lowest BCUT2D eigenvalue weighted by atomic mass is 10.0. The normalized spacial score (nSPS) is 15.1. The van der Waals surface area contributed by atoms with Gasteiger partial charge in [-0.25, -0.2) is 0 Å². The molecule has 4 nitrogen and oxygen atoms in total. The first-order valence-corrected chi connectivity index (χ1v) is 5.53. The van der Waals surface area contributed by atoms with Gasteiger partial charge < -0.3 is 15.8 Å². The Kier molecular flexibility index (Phi) is 6.52. The number of carbonyl (C=O) groups is 1. The minimum atomic E-state index is -0.283. The first kappa shape index (κ1) is 14.4. The molecule has 0 aromatic rings. The minimum absolute atomic E-state index is 0.0280. The summed E-state index contributed by atoms with van der Waals surface area (Å²) >= 11 is 0. The van der Waals surface area contributed by atoms with E-state index in [2.05, 4.69) is 5.32 Å². The Balaban J connectivity index is 3.50. The van der Waals surface area contributed by atoms with Gasteiger partial charge in [-0.15, -0.1) is 0 Å². The summed E-state index contributed by atoms with van der Waals surface area (Å²) in [5.41, 5.74) is 5.60. The second-order valence-electron chi connectivity index (χ2n) is 4.53. The van der Waals surface area contributed by atoms with Crippen LogP contribution in [0.15, 0.2) is 0 Å². The van der Waals surface area contributed by atoms with E-state index in [4.69, 9.17) is 10.5 Å². The number of ether oxygens (including phenoxy) is 1. The molecule has 1 amide bonds. The molecule has 0 radical (unpaired) electrons. The van der Waals surface area contributed by atoms with Crippen LogP contribution >= 0.6 is 0 Å². The Bertz CT molecular complexity index is 191. The number of rotatable bonds is 7. The quantitative estimate of drug-likeness (QED) is 0.625. The van der Waals surface area contributed by atoms with Gasteiger partial charge in [0.2, 0.25) is 5.91 Å². The van der Waals surface area contributed by atoms with E-state index in [1.165, 1.54) is 0 Å². The number of amides is 1. The van der Waals surface area contributed by atoms with Crippen LogP contribution in [0.3, 0.4) is 0 Å². The first-order valence-electron chi connectivity index (χ1n) is 5.53. The van der Waals surface area contributed by atoms with Crippen LogP contribution in [0.4, 0.5) is 0 Å². The van der Waals surface area contributed by atoms with E-state index in [1.54, 1.807) is 0 Å². The van der Waals surface area contributed by atoms with E-state index in [1.807, 2.05) is 27.7 Å². The summed E-state index contributed by atoms with van der Waals surface area (Å²) in [7, 11) is 0. The Morgan fingerprint density at radius 1 is 1.53 bits per heavy atom. The second kappa shape index (κ2) is 6.80. The summed E-state index contributed by atoms with van der Waals surface area (Å²) in [5, 5.41) is 2.80. The van der Waals surface area contributed by atoms with Gasteiger partial charge in [-0.1, -0.05) is 6.92 Å². The SMILES string of the molecule is CCC(C)(N)COCCC(=O)NC(C)C. The third-order valence-electron chi connectivity index (χ3n) is 2.16. The number of hydrogen-bond donors (Lipinski definition) is 2. The molecule has 0 aliphatic carbocycles. The Hall–Kier alpha value is -0.610. The Morgan fingerprint density at radius 3 is 2.60 bits per heavy atom. The van der Waals surface area contributed by atoms with Crippen molar-refractivity contribution in [2.24, 2.45) is 5.73 Å². The molecule has 3 N–H and O–H groups in total. The van der Waals surface area contributed by atoms with Crippen LogP contribution in [0.1, 0.15) is 40.5 Å². The monoisotopic (exact) mass is 216 g/mol. The maximum atomic E-state index is 11.2. The summed E-state index contributed by atoms with van der Waals surface area (Å²) in [4.78, 5) is 11.2. The molecule has 0 aromatic carbocycles. The van der Waals surface area contributed by atoms with Gasteiger partial charge in [0.1, 0.15) is 0 Å². The molecule has 0 saturated carbocycles. The molecule has 15 heavy (non-hydrogen) atoms. The van der Waals surface area contributed by atoms with Gasteiger partial charge in [0.05, 0.1) is 13.2 Å². The molecule has 0 aliphatic heterocycles. The van der Waals surface area contributed by atoms with Crippen LogP contribution in [0.5, 0.6) is 0 Å². The first-order chi connectivity index (χ1) is 6.87. The van der Waals surface area contributed by atoms with Crippen molar-refractivity contribution in [3.63, 3.8) is 0 Å². The third kappa shape index (κ3) is 8.39. The van der Waals surface area contributed by atoms with Crippen molar-refractivity contribution in [1.29, 1.82) is 0 Å². The average molecular weight is 216 g/mol. The molecule has 0 bridgehead atoms. The maximum absolute atomic E-state index is 11.2. The number of carbonyl (C=O) groups excluding carboxylic acids is 1. The molecule has 4 heteroatoms. The van der Waals surface area contributed by atoms with Crippen LogP contribution < -0.4 is 11.1 Å². The fourth-order valence-corrected chi connectivity index (χ4v) is 0.966. The van der Waals surface area contributed by atoms with Crippen molar-refractivity contribution in [3.8, 4) is 0 Å². The molecule has 0 fully saturated rings. The molecule has 0 aliphatic rings. The zero-order chi connectivity index (χ0) is 11.9. The van der Waals surface area contributed by atoms with Crippen molar-refractivity contribution < 1.29 is 9.53 Å². The molecule has 0 aromatic heterocycles. The van der Waals surface area contributed by atoms with Gasteiger partial charge in [-0.3, -0.25) is 4.79 Å². The van der Waals surface area contributed by atoms with E-state index in [-0.39, 0.29) is 17.5 Å². The van der Waals surface area contributed by atoms with Crippen LogP contribution in [0, 0.1) is 0 Å². The van der Waals surface area contributed by atoms with Crippen LogP contribution in [-0.2, 0) is 9.53 Å². The smallest absolute Gasteiger partial charge is 0.222 e. The zero-order valence-corrected chi connectivity index (χ0v) is 10.3. The number of hydrogen-bond acceptors (Lipinski definition) is 3. The van der Waals surface area contributed by atoms with Crippen LogP contribution in [0.25, 0.3) is 0 Å². The molecule has 0 rings (SSSR count). The van der Waals surface area contributed by atoms with Crippen molar-refractivity contribution in [2.45, 2.75) is 52.1 Å². The summed E-state index contributed by atoms with van der Waals surface area (Å²) in [6.07, 6.45) is 1.27. The molecular weight excluding hydrogens is 192 g/mol. The molecular formula is C11H24N2O2. The minimum Gasteiger partial charge on any atom is -0.379 e. The van der Waals surface area contributed by atoms with Crippen molar-refractivity contribution in [3.05, 3.63) is 0 Å². The Morgan fingerprint density at radius 2 is 2.13 bits per heavy atom. The second-order valence-corrected chi connectivity index (χ2v) is 4.53. The van der Waals surface area contributed by atoms with Gasteiger partial charge in [-0.05, 0) is 27.2 Å². The van der Waals surface area contributed by atoms with Crippen molar-refractivity contribution in [2.75, 3.05) is 13.2 Å². The lowest BCUT2D eigenvalue weighted by molar-refractivity contribution is -0.122. The predicted octanol–water partition coefficient (Wildman–Crippen LogP) is 1.05. The van der Waals surface area contributed by atoms with Gasteiger partial charge >= 0.3 is 0 Å². The summed E-state index contributed by atoms with van der Waals surface area (Å²) in [5.74, 6) is 0.0280. The largest absolute Gasteiger partial charge is 0.379 e. The third-order valence-corrected chi connectivity index (χ3v) is 2.16. The topological polar surface area (TPSA) is 64.3 Å². The van der Waals surface area contributed by atoms with E-state index in [0.29, 0.717) is 19.6 Å². The molecule has 0 saturated heterocycles. The van der Waals surface area contributed by atoms with Gasteiger partial charge in [-0.2, -0.15) is 0 Å². The lowest BCUT2D eigenvalue weighted by Crippen LogP contribution is -2.40. The Labute approximate surface area is 92.6 Å². The highest BCUT2D eigenvalue weighted by molar-refractivity contribution is 5.76. The highest BCUT2D eigenvalue weighted by Crippen LogP contribution is 2.04.